The van der Waals surface area contributed by atoms with Crippen LogP contribution >= 0.6 is 0 Å². The molecule has 1 aromatic carbocycles. The van der Waals surface area contributed by atoms with E-state index in [-0.39, 0.29) is 5.60 Å². The summed E-state index contributed by atoms with van der Waals surface area (Å²) < 4.78 is 6.00. The Morgan fingerprint density at radius 1 is 1.19 bits per heavy atom. The van der Waals surface area contributed by atoms with Crippen LogP contribution in [0.3, 0.4) is 0 Å². The standard InChI is InChI=1S/C22H28N4O/c1-5-6-11-24-20-19-14-27-22(3,4)12-17(19)18(13-23)21(26-20)25-16-9-7-15(2)8-10-16/h7-10H,5-6,11-12,14H2,1-4H3,(H2,24,25,26). The number of aryl methyl sites for hydroxylation is 1. The molecule has 1 aliphatic heterocycles. The molecule has 0 bridgehead atoms. The molecule has 142 valence electrons. The average molecular weight is 364 g/mol. The highest BCUT2D eigenvalue weighted by Gasteiger charge is 2.31. The minimum absolute atomic E-state index is 0.290. The van der Waals surface area contributed by atoms with E-state index < -0.39 is 0 Å². The van der Waals surface area contributed by atoms with Crippen LogP contribution in [-0.4, -0.2) is 17.1 Å². The van der Waals surface area contributed by atoms with Crippen molar-refractivity contribution in [3.63, 3.8) is 0 Å². The highest BCUT2D eigenvalue weighted by atomic mass is 16.5. The summed E-state index contributed by atoms with van der Waals surface area (Å²) in [6.07, 6.45) is 2.88. The number of hydrogen-bond donors (Lipinski definition) is 2. The molecule has 0 amide bonds. The van der Waals surface area contributed by atoms with E-state index in [1.54, 1.807) is 0 Å². The number of aromatic nitrogens is 1. The predicted octanol–water partition coefficient (Wildman–Crippen LogP) is 5.07. The van der Waals surface area contributed by atoms with Gasteiger partial charge in [-0.15, -0.1) is 0 Å². The van der Waals surface area contributed by atoms with E-state index in [1.807, 2.05) is 24.3 Å². The molecule has 27 heavy (non-hydrogen) atoms. The second kappa shape index (κ2) is 7.98. The number of fused-ring (bicyclic) bond motifs is 1. The lowest BCUT2D eigenvalue weighted by molar-refractivity contribution is -0.0399. The van der Waals surface area contributed by atoms with Crippen LogP contribution in [0.5, 0.6) is 0 Å². The summed E-state index contributed by atoms with van der Waals surface area (Å²) in [5.41, 5.74) is 4.49. The van der Waals surface area contributed by atoms with Crippen molar-refractivity contribution in [3.05, 3.63) is 46.5 Å². The molecule has 2 heterocycles. The first kappa shape index (κ1) is 19.2. The third-order valence-electron chi connectivity index (χ3n) is 4.87. The van der Waals surface area contributed by atoms with Crippen LogP contribution < -0.4 is 10.6 Å². The van der Waals surface area contributed by atoms with Gasteiger partial charge in [-0.3, -0.25) is 0 Å². The quantitative estimate of drug-likeness (QED) is 0.700. The summed E-state index contributed by atoms with van der Waals surface area (Å²) in [5.74, 6) is 1.43. The lowest BCUT2D eigenvalue weighted by Crippen LogP contribution is -2.33. The molecule has 2 N–H and O–H groups in total. The van der Waals surface area contributed by atoms with Gasteiger partial charge in [0.1, 0.15) is 11.9 Å². The fourth-order valence-corrected chi connectivity index (χ4v) is 3.28. The van der Waals surface area contributed by atoms with Gasteiger partial charge in [0.2, 0.25) is 0 Å². The first-order valence-electron chi connectivity index (χ1n) is 9.61. The van der Waals surface area contributed by atoms with E-state index in [0.29, 0.717) is 24.4 Å². The van der Waals surface area contributed by atoms with Crippen molar-refractivity contribution in [1.29, 1.82) is 5.26 Å². The monoisotopic (exact) mass is 364 g/mol. The third kappa shape index (κ3) is 4.40. The Morgan fingerprint density at radius 2 is 1.93 bits per heavy atom. The molecule has 0 atom stereocenters. The number of hydrogen-bond acceptors (Lipinski definition) is 5. The minimum atomic E-state index is -0.290. The molecule has 1 aromatic heterocycles. The fraction of sp³-hybridized carbons (Fsp3) is 0.455. The highest BCUT2D eigenvalue weighted by molar-refractivity contribution is 5.70. The molecule has 3 rings (SSSR count). The molecule has 0 aliphatic carbocycles. The Hall–Kier alpha value is -2.58. The first-order chi connectivity index (χ1) is 12.9. The lowest BCUT2D eigenvalue weighted by Gasteiger charge is -2.33. The van der Waals surface area contributed by atoms with Crippen molar-refractivity contribution in [2.24, 2.45) is 0 Å². The maximum absolute atomic E-state index is 9.88. The van der Waals surface area contributed by atoms with Crippen LogP contribution in [0.1, 0.15) is 55.9 Å². The Kier molecular flexibility index (Phi) is 5.67. The molecule has 0 radical (unpaired) electrons. The predicted molar refractivity (Wildman–Crippen MR) is 109 cm³/mol. The average Bonchev–Trinajstić information content (AvgIpc) is 2.63. The number of pyridine rings is 1. The second-order valence-electron chi connectivity index (χ2n) is 7.75. The molecule has 0 fully saturated rings. The van der Waals surface area contributed by atoms with Crippen molar-refractivity contribution >= 4 is 17.3 Å². The van der Waals surface area contributed by atoms with Crippen molar-refractivity contribution in [2.75, 3.05) is 17.2 Å². The molecular formula is C22H28N4O. The van der Waals surface area contributed by atoms with Crippen LogP contribution in [0.2, 0.25) is 0 Å². The van der Waals surface area contributed by atoms with Gasteiger partial charge < -0.3 is 15.4 Å². The van der Waals surface area contributed by atoms with Crippen LogP contribution in [0.4, 0.5) is 17.3 Å². The molecule has 5 nitrogen and oxygen atoms in total. The summed E-state index contributed by atoms with van der Waals surface area (Å²) in [7, 11) is 0. The Balaban J connectivity index is 2.04. The normalized spacial score (nSPS) is 14.9. The van der Waals surface area contributed by atoms with Crippen molar-refractivity contribution in [1.82, 2.24) is 4.98 Å². The van der Waals surface area contributed by atoms with Gasteiger partial charge in [-0.25, -0.2) is 4.98 Å². The summed E-state index contributed by atoms with van der Waals surface area (Å²) in [4.78, 5) is 4.77. The van der Waals surface area contributed by atoms with E-state index in [2.05, 4.69) is 44.4 Å². The molecule has 1 aliphatic rings. The SMILES string of the molecule is CCCCNc1nc(Nc2ccc(C)cc2)c(C#N)c2c1COC(C)(C)C2. The van der Waals surface area contributed by atoms with Gasteiger partial charge in [-0.1, -0.05) is 31.0 Å². The largest absolute Gasteiger partial charge is 0.370 e. The topological polar surface area (TPSA) is 70.0 Å². The maximum Gasteiger partial charge on any atom is 0.151 e. The van der Waals surface area contributed by atoms with Crippen molar-refractivity contribution in [2.45, 2.75) is 59.2 Å². The maximum atomic E-state index is 9.88. The van der Waals surface area contributed by atoms with Gasteiger partial charge in [0.25, 0.3) is 0 Å². The molecule has 0 spiro atoms. The van der Waals surface area contributed by atoms with Gasteiger partial charge in [-0.2, -0.15) is 5.26 Å². The van der Waals surface area contributed by atoms with Crippen molar-refractivity contribution < 1.29 is 4.74 Å². The second-order valence-corrected chi connectivity index (χ2v) is 7.75. The molecule has 0 saturated heterocycles. The van der Waals surface area contributed by atoms with Gasteiger partial charge in [0, 0.05) is 24.2 Å². The zero-order chi connectivity index (χ0) is 19.4. The number of anilines is 3. The van der Waals surface area contributed by atoms with E-state index >= 15 is 0 Å². The molecule has 2 aromatic rings. The summed E-state index contributed by atoms with van der Waals surface area (Å²) in [6, 6.07) is 10.5. The molecule has 5 heteroatoms. The smallest absolute Gasteiger partial charge is 0.151 e. The number of ether oxygens (including phenoxy) is 1. The first-order valence-corrected chi connectivity index (χ1v) is 9.61. The molecule has 0 saturated carbocycles. The number of nitrogens with one attached hydrogen (secondary N) is 2. The molecule has 0 unspecified atom stereocenters. The van der Waals surface area contributed by atoms with Crippen LogP contribution in [0.15, 0.2) is 24.3 Å². The summed E-state index contributed by atoms with van der Waals surface area (Å²) in [5, 5.41) is 16.7. The number of rotatable bonds is 6. The minimum Gasteiger partial charge on any atom is -0.370 e. The van der Waals surface area contributed by atoms with E-state index in [1.165, 1.54) is 5.56 Å². The van der Waals surface area contributed by atoms with Crippen LogP contribution in [-0.2, 0) is 17.8 Å². The fourth-order valence-electron chi connectivity index (χ4n) is 3.28. The van der Waals surface area contributed by atoms with Gasteiger partial charge in [-0.05, 0) is 44.9 Å². The Morgan fingerprint density at radius 3 is 2.59 bits per heavy atom. The van der Waals surface area contributed by atoms with Crippen LogP contribution in [0.25, 0.3) is 0 Å². The van der Waals surface area contributed by atoms with E-state index in [4.69, 9.17) is 9.72 Å². The van der Waals surface area contributed by atoms with Crippen LogP contribution in [0, 0.1) is 18.3 Å². The highest BCUT2D eigenvalue weighted by Crippen LogP contribution is 2.37. The summed E-state index contributed by atoms with van der Waals surface area (Å²) >= 11 is 0. The van der Waals surface area contributed by atoms with Gasteiger partial charge in [0.15, 0.2) is 5.82 Å². The number of benzene rings is 1. The van der Waals surface area contributed by atoms with E-state index in [9.17, 15) is 5.26 Å². The van der Waals surface area contributed by atoms with E-state index in [0.717, 1.165) is 42.0 Å². The third-order valence-corrected chi connectivity index (χ3v) is 4.87. The zero-order valence-corrected chi connectivity index (χ0v) is 16.6. The summed E-state index contributed by atoms with van der Waals surface area (Å²) in [6.45, 7) is 9.68. The number of nitrogens with zero attached hydrogens (tertiary/aromatic N) is 2. The van der Waals surface area contributed by atoms with Gasteiger partial charge in [0.05, 0.1) is 17.8 Å². The lowest BCUT2D eigenvalue weighted by atomic mass is 9.89. The number of unbranched alkanes of at least 4 members (excludes halogenated alkanes) is 1. The van der Waals surface area contributed by atoms with Crippen molar-refractivity contribution in [3.8, 4) is 6.07 Å². The van der Waals surface area contributed by atoms with Gasteiger partial charge >= 0.3 is 0 Å². The zero-order valence-electron chi connectivity index (χ0n) is 16.6. The molecular weight excluding hydrogens is 336 g/mol. The Labute approximate surface area is 161 Å². The Bertz CT molecular complexity index is 850. The number of nitriles is 1.